The number of carbonyl (C=O) groups excluding carboxylic acids is 1. The van der Waals surface area contributed by atoms with Crippen LogP contribution < -0.4 is 10.1 Å². The number of likely N-dealkylation sites (tertiary alicyclic amines) is 1. The highest BCUT2D eigenvalue weighted by Crippen LogP contribution is 2.18. The van der Waals surface area contributed by atoms with E-state index in [0.717, 1.165) is 32.5 Å². The van der Waals surface area contributed by atoms with Crippen molar-refractivity contribution in [2.45, 2.75) is 12.8 Å². The van der Waals surface area contributed by atoms with Crippen LogP contribution in [0.2, 0.25) is 5.02 Å². The average molecular weight is 297 g/mol. The van der Waals surface area contributed by atoms with Crippen molar-refractivity contribution in [3.8, 4) is 5.75 Å². The van der Waals surface area contributed by atoms with Gasteiger partial charge in [0.25, 0.3) is 5.91 Å². The van der Waals surface area contributed by atoms with Crippen molar-refractivity contribution in [1.29, 1.82) is 0 Å². The van der Waals surface area contributed by atoms with Gasteiger partial charge in [-0.05, 0) is 50.6 Å². The van der Waals surface area contributed by atoms with Crippen LogP contribution in [-0.2, 0) is 4.79 Å². The zero-order valence-corrected chi connectivity index (χ0v) is 12.5. The van der Waals surface area contributed by atoms with Crippen LogP contribution in [0.5, 0.6) is 5.75 Å². The van der Waals surface area contributed by atoms with Gasteiger partial charge in [0.05, 0.1) is 0 Å². The largest absolute Gasteiger partial charge is 0.484 e. The fourth-order valence-electron chi connectivity index (χ4n) is 2.47. The third kappa shape index (κ3) is 4.39. The second kappa shape index (κ2) is 7.50. The number of halogens is 1. The minimum atomic E-state index is 0.0490. The Morgan fingerprint density at radius 2 is 2.20 bits per heavy atom. The lowest BCUT2D eigenvalue weighted by atomic mass is 9.97. The normalized spacial score (nSPS) is 16.2. The molecule has 110 valence electrons. The molecule has 4 nitrogen and oxygen atoms in total. The summed E-state index contributed by atoms with van der Waals surface area (Å²) in [5, 5.41) is 3.81. The molecule has 5 heteroatoms. The Hall–Kier alpha value is -1.26. The van der Waals surface area contributed by atoms with Crippen molar-refractivity contribution in [3.05, 3.63) is 29.3 Å². The van der Waals surface area contributed by atoms with E-state index in [0.29, 0.717) is 16.7 Å². The predicted molar refractivity (Wildman–Crippen MR) is 80.2 cm³/mol. The number of carbonyl (C=O) groups is 1. The molecule has 20 heavy (non-hydrogen) atoms. The maximum absolute atomic E-state index is 12.1. The summed E-state index contributed by atoms with van der Waals surface area (Å²) in [6.07, 6.45) is 2.12. The molecule has 1 saturated heterocycles. The Bertz CT molecular complexity index is 445. The zero-order valence-electron chi connectivity index (χ0n) is 11.8. The van der Waals surface area contributed by atoms with Crippen LogP contribution in [0.3, 0.4) is 0 Å². The van der Waals surface area contributed by atoms with Crippen LogP contribution in [0.4, 0.5) is 0 Å². The molecular formula is C15H21ClN2O2. The molecule has 1 aliphatic rings. The van der Waals surface area contributed by atoms with Crippen molar-refractivity contribution in [2.75, 3.05) is 33.3 Å². The van der Waals surface area contributed by atoms with Crippen LogP contribution in [0.15, 0.2) is 24.3 Å². The smallest absolute Gasteiger partial charge is 0.260 e. The minimum Gasteiger partial charge on any atom is -0.484 e. The molecule has 0 bridgehead atoms. The predicted octanol–water partition coefficient (Wildman–Crippen LogP) is 2.18. The number of benzene rings is 1. The number of ether oxygens (including phenoxy) is 1. The number of nitrogens with zero attached hydrogens (tertiary/aromatic N) is 1. The van der Waals surface area contributed by atoms with Gasteiger partial charge in [-0.25, -0.2) is 0 Å². The highest BCUT2D eigenvalue weighted by Gasteiger charge is 2.22. The number of hydrogen-bond donors (Lipinski definition) is 1. The lowest BCUT2D eigenvalue weighted by molar-refractivity contribution is -0.134. The first kappa shape index (κ1) is 15.1. The third-order valence-electron chi connectivity index (χ3n) is 3.62. The molecule has 0 atom stereocenters. The molecule has 0 spiro atoms. The van der Waals surface area contributed by atoms with Gasteiger partial charge in [-0.3, -0.25) is 4.79 Å². The zero-order chi connectivity index (χ0) is 14.4. The van der Waals surface area contributed by atoms with E-state index in [1.54, 1.807) is 18.2 Å². The summed E-state index contributed by atoms with van der Waals surface area (Å²) in [5.41, 5.74) is 0. The van der Waals surface area contributed by atoms with Crippen LogP contribution in [0.1, 0.15) is 12.8 Å². The minimum absolute atomic E-state index is 0.0490. The summed E-state index contributed by atoms with van der Waals surface area (Å²) in [6.45, 7) is 2.76. The van der Waals surface area contributed by atoms with Crippen molar-refractivity contribution < 1.29 is 9.53 Å². The third-order valence-corrected chi connectivity index (χ3v) is 3.85. The SMILES string of the molecule is CNCC1CCN(C(=O)COc2cccc(Cl)c2)CC1. The Balaban J connectivity index is 1.76. The summed E-state index contributed by atoms with van der Waals surface area (Å²) in [7, 11) is 1.97. The van der Waals surface area contributed by atoms with E-state index in [9.17, 15) is 4.79 Å². The molecule has 0 radical (unpaired) electrons. The Labute approximate surface area is 125 Å². The Kier molecular flexibility index (Phi) is 5.68. The molecule has 1 aromatic rings. The van der Waals surface area contributed by atoms with Crippen LogP contribution in [-0.4, -0.2) is 44.1 Å². The Morgan fingerprint density at radius 3 is 2.85 bits per heavy atom. The summed E-state index contributed by atoms with van der Waals surface area (Å²) in [4.78, 5) is 14.0. The van der Waals surface area contributed by atoms with Crippen LogP contribution in [0, 0.1) is 5.92 Å². The lowest BCUT2D eigenvalue weighted by Gasteiger charge is -2.31. The van der Waals surface area contributed by atoms with E-state index in [2.05, 4.69) is 5.32 Å². The van der Waals surface area contributed by atoms with Gasteiger partial charge in [0.2, 0.25) is 0 Å². The van der Waals surface area contributed by atoms with Gasteiger partial charge in [0, 0.05) is 18.1 Å². The molecule has 0 unspecified atom stereocenters. The van der Waals surface area contributed by atoms with Crippen molar-refractivity contribution in [1.82, 2.24) is 10.2 Å². The fourth-order valence-corrected chi connectivity index (χ4v) is 2.65. The first-order chi connectivity index (χ1) is 9.69. The van der Waals surface area contributed by atoms with E-state index >= 15 is 0 Å². The molecule has 1 heterocycles. The monoisotopic (exact) mass is 296 g/mol. The summed E-state index contributed by atoms with van der Waals surface area (Å²) >= 11 is 5.87. The number of piperidine rings is 1. The quantitative estimate of drug-likeness (QED) is 0.905. The molecule has 1 amide bonds. The molecule has 0 saturated carbocycles. The standard InChI is InChI=1S/C15H21ClN2O2/c1-17-10-12-5-7-18(8-6-12)15(19)11-20-14-4-2-3-13(16)9-14/h2-4,9,12,17H,5-8,10-11H2,1H3. The highest BCUT2D eigenvalue weighted by atomic mass is 35.5. The van der Waals surface area contributed by atoms with E-state index in [1.807, 2.05) is 18.0 Å². The first-order valence-electron chi connectivity index (χ1n) is 7.00. The van der Waals surface area contributed by atoms with Gasteiger partial charge in [0.1, 0.15) is 5.75 Å². The second-order valence-corrected chi connectivity index (χ2v) is 5.56. The lowest BCUT2D eigenvalue weighted by Crippen LogP contribution is -2.42. The number of hydrogen-bond acceptors (Lipinski definition) is 3. The maximum Gasteiger partial charge on any atom is 0.260 e. The van der Waals surface area contributed by atoms with Gasteiger partial charge < -0.3 is 15.0 Å². The summed E-state index contributed by atoms with van der Waals surface area (Å²) in [6, 6.07) is 7.11. The molecule has 1 aliphatic heterocycles. The number of nitrogens with one attached hydrogen (secondary N) is 1. The van der Waals surface area contributed by atoms with Gasteiger partial charge in [-0.1, -0.05) is 17.7 Å². The summed E-state index contributed by atoms with van der Waals surface area (Å²) < 4.78 is 5.49. The molecule has 0 aromatic heterocycles. The van der Waals surface area contributed by atoms with Crippen LogP contribution in [0.25, 0.3) is 0 Å². The van der Waals surface area contributed by atoms with Crippen molar-refractivity contribution in [2.24, 2.45) is 5.92 Å². The maximum atomic E-state index is 12.1. The molecule has 1 fully saturated rings. The topological polar surface area (TPSA) is 41.6 Å². The number of amides is 1. The van der Waals surface area contributed by atoms with E-state index < -0.39 is 0 Å². The molecule has 1 aromatic carbocycles. The van der Waals surface area contributed by atoms with Gasteiger partial charge in [0.15, 0.2) is 6.61 Å². The molecule has 2 rings (SSSR count). The summed E-state index contributed by atoms with van der Waals surface area (Å²) in [5.74, 6) is 1.36. The van der Waals surface area contributed by atoms with E-state index in [-0.39, 0.29) is 12.5 Å². The van der Waals surface area contributed by atoms with Crippen molar-refractivity contribution in [3.63, 3.8) is 0 Å². The van der Waals surface area contributed by atoms with Crippen LogP contribution >= 0.6 is 11.6 Å². The Morgan fingerprint density at radius 1 is 1.45 bits per heavy atom. The fraction of sp³-hybridized carbons (Fsp3) is 0.533. The van der Waals surface area contributed by atoms with Gasteiger partial charge >= 0.3 is 0 Å². The van der Waals surface area contributed by atoms with Gasteiger partial charge in [-0.2, -0.15) is 0 Å². The molecule has 1 N–H and O–H groups in total. The number of rotatable bonds is 5. The molecule has 0 aliphatic carbocycles. The van der Waals surface area contributed by atoms with E-state index in [1.165, 1.54) is 0 Å². The second-order valence-electron chi connectivity index (χ2n) is 5.13. The highest BCUT2D eigenvalue weighted by molar-refractivity contribution is 6.30. The molecular weight excluding hydrogens is 276 g/mol. The first-order valence-corrected chi connectivity index (χ1v) is 7.37. The van der Waals surface area contributed by atoms with Gasteiger partial charge in [-0.15, -0.1) is 0 Å². The average Bonchev–Trinajstić information content (AvgIpc) is 2.46. The van der Waals surface area contributed by atoms with E-state index in [4.69, 9.17) is 16.3 Å². The van der Waals surface area contributed by atoms with Crippen molar-refractivity contribution >= 4 is 17.5 Å².